The summed E-state index contributed by atoms with van der Waals surface area (Å²) >= 11 is 0. The largest absolute Gasteiger partial charge is 0.447 e. The van der Waals surface area contributed by atoms with E-state index in [0.29, 0.717) is 32.5 Å². The number of halogens is 1. The first-order valence-electron chi connectivity index (χ1n) is 8.96. The van der Waals surface area contributed by atoms with Crippen LogP contribution in [0.5, 0.6) is 0 Å². The summed E-state index contributed by atoms with van der Waals surface area (Å²) in [4.78, 5) is 31.6. The highest BCUT2D eigenvalue weighted by Crippen LogP contribution is 2.27. The lowest BCUT2D eigenvalue weighted by Gasteiger charge is -2.37. The summed E-state index contributed by atoms with van der Waals surface area (Å²) in [7, 11) is 0. The van der Waals surface area contributed by atoms with Crippen LogP contribution in [-0.4, -0.2) is 58.6 Å². The maximum atomic E-state index is 13.7. The molecule has 2 aliphatic heterocycles. The van der Waals surface area contributed by atoms with Gasteiger partial charge in [0.1, 0.15) is 6.61 Å². The van der Waals surface area contributed by atoms with Crippen LogP contribution in [0.1, 0.15) is 49.4 Å². The van der Waals surface area contributed by atoms with E-state index in [0.717, 1.165) is 19.3 Å². The molecule has 2 amide bonds. The van der Waals surface area contributed by atoms with Crippen molar-refractivity contribution >= 4 is 12.0 Å². The van der Waals surface area contributed by atoms with Gasteiger partial charge in [-0.3, -0.25) is 9.69 Å². The van der Waals surface area contributed by atoms with Gasteiger partial charge in [-0.15, -0.1) is 0 Å². The van der Waals surface area contributed by atoms with Gasteiger partial charge in [0.05, 0.1) is 11.6 Å². The predicted octanol–water partition coefficient (Wildman–Crippen LogP) is 2.84. The van der Waals surface area contributed by atoms with Crippen molar-refractivity contribution in [1.29, 1.82) is 0 Å². The van der Waals surface area contributed by atoms with Gasteiger partial charge in [0, 0.05) is 25.3 Å². The van der Waals surface area contributed by atoms with Gasteiger partial charge in [-0.25, -0.2) is 9.78 Å². The molecule has 25 heavy (non-hydrogen) atoms. The number of likely N-dealkylation sites (tertiary alicyclic amines) is 1. The molecule has 0 aromatic carbocycles. The van der Waals surface area contributed by atoms with Crippen LogP contribution in [0.4, 0.5) is 9.18 Å². The standard InChI is InChI=1S/C18H24FN3O3/c1-2-3-5-14-12-25-18(24)22(14)13-7-10-21(11-8-13)17(23)15-6-4-9-20-16(15)19/h4,6,9,13-14H,2-3,5,7-8,10-12H2,1H3. The molecule has 6 nitrogen and oxygen atoms in total. The number of pyridine rings is 1. The Hall–Kier alpha value is -2.18. The quantitative estimate of drug-likeness (QED) is 0.767. The van der Waals surface area contributed by atoms with Crippen molar-refractivity contribution in [2.75, 3.05) is 19.7 Å². The molecule has 3 rings (SSSR count). The summed E-state index contributed by atoms with van der Waals surface area (Å²) in [5.74, 6) is -1.08. The Bertz CT molecular complexity index is 632. The molecule has 1 aromatic heterocycles. The molecule has 0 spiro atoms. The number of unbranched alkanes of at least 4 members (excludes halogenated alkanes) is 1. The molecule has 0 saturated carbocycles. The lowest BCUT2D eigenvalue weighted by molar-refractivity contribution is 0.0628. The number of hydrogen-bond donors (Lipinski definition) is 0. The summed E-state index contributed by atoms with van der Waals surface area (Å²) < 4.78 is 18.9. The van der Waals surface area contributed by atoms with E-state index >= 15 is 0 Å². The fraction of sp³-hybridized carbons (Fsp3) is 0.611. The summed E-state index contributed by atoms with van der Waals surface area (Å²) in [6, 6.07) is 3.23. The van der Waals surface area contributed by atoms with Crippen LogP contribution in [0.15, 0.2) is 18.3 Å². The zero-order valence-corrected chi connectivity index (χ0v) is 14.5. The number of carbonyl (C=O) groups is 2. The summed E-state index contributed by atoms with van der Waals surface area (Å²) in [5, 5.41) is 0. The SMILES string of the molecule is CCCCC1COC(=O)N1C1CCN(C(=O)c2cccnc2F)CC1. The molecular weight excluding hydrogens is 325 g/mol. The highest BCUT2D eigenvalue weighted by atomic mass is 19.1. The normalized spacial score (nSPS) is 21.5. The smallest absolute Gasteiger partial charge is 0.410 e. The Kier molecular flexibility index (Phi) is 5.50. The maximum Gasteiger partial charge on any atom is 0.410 e. The summed E-state index contributed by atoms with van der Waals surface area (Å²) in [5.41, 5.74) is 0.00218. The van der Waals surface area contributed by atoms with Gasteiger partial charge >= 0.3 is 6.09 Å². The number of ether oxygens (including phenoxy) is 1. The fourth-order valence-corrected chi connectivity index (χ4v) is 3.64. The van der Waals surface area contributed by atoms with Crippen LogP contribution < -0.4 is 0 Å². The van der Waals surface area contributed by atoms with Crippen LogP contribution >= 0.6 is 0 Å². The van der Waals surface area contributed by atoms with E-state index in [-0.39, 0.29) is 29.6 Å². The highest BCUT2D eigenvalue weighted by Gasteiger charge is 2.39. The van der Waals surface area contributed by atoms with Gasteiger partial charge in [-0.05, 0) is 31.4 Å². The van der Waals surface area contributed by atoms with Gasteiger partial charge in [-0.2, -0.15) is 4.39 Å². The van der Waals surface area contributed by atoms with Crippen molar-refractivity contribution in [3.63, 3.8) is 0 Å². The van der Waals surface area contributed by atoms with Gasteiger partial charge in [0.15, 0.2) is 0 Å². The van der Waals surface area contributed by atoms with Gasteiger partial charge in [-0.1, -0.05) is 19.8 Å². The Balaban J connectivity index is 1.60. The predicted molar refractivity (Wildman–Crippen MR) is 89.6 cm³/mol. The number of piperidine rings is 1. The summed E-state index contributed by atoms with van der Waals surface area (Å²) in [6.07, 6.45) is 5.55. The monoisotopic (exact) mass is 349 g/mol. The maximum absolute atomic E-state index is 13.7. The molecule has 1 unspecified atom stereocenters. The molecule has 0 radical (unpaired) electrons. The van der Waals surface area contributed by atoms with E-state index in [2.05, 4.69) is 11.9 Å². The fourth-order valence-electron chi connectivity index (χ4n) is 3.64. The summed E-state index contributed by atoms with van der Waals surface area (Å²) in [6.45, 7) is 3.59. The van der Waals surface area contributed by atoms with Crippen molar-refractivity contribution in [3.8, 4) is 0 Å². The average Bonchev–Trinajstić information content (AvgIpc) is 3.00. The first kappa shape index (κ1) is 17.6. The average molecular weight is 349 g/mol. The van der Waals surface area contributed by atoms with Crippen molar-refractivity contribution < 1.29 is 18.7 Å². The van der Waals surface area contributed by atoms with Crippen molar-refractivity contribution in [1.82, 2.24) is 14.8 Å². The number of nitrogens with zero attached hydrogens (tertiary/aromatic N) is 3. The van der Waals surface area contributed by atoms with Crippen molar-refractivity contribution in [2.24, 2.45) is 0 Å². The Morgan fingerprint density at radius 1 is 1.40 bits per heavy atom. The minimum Gasteiger partial charge on any atom is -0.447 e. The topological polar surface area (TPSA) is 62.7 Å². The van der Waals surface area contributed by atoms with E-state index in [1.807, 2.05) is 4.90 Å². The third kappa shape index (κ3) is 3.75. The van der Waals surface area contributed by atoms with E-state index in [1.165, 1.54) is 12.3 Å². The molecule has 0 aliphatic carbocycles. The zero-order chi connectivity index (χ0) is 17.8. The molecule has 136 valence electrons. The molecule has 0 bridgehead atoms. The molecule has 3 heterocycles. The third-order valence-electron chi connectivity index (χ3n) is 5.03. The Morgan fingerprint density at radius 3 is 2.84 bits per heavy atom. The first-order chi connectivity index (χ1) is 12.1. The number of rotatable bonds is 5. The van der Waals surface area contributed by atoms with Crippen LogP contribution in [0.2, 0.25) is 0 Å². The van der Waals surface area contributed by atoms with Crippen LogP contribution in [0, 0.1) is 5.95 Å². The molecule has 0 N–H and O–H groups in total. The molecule has 7 heteroatoms. The number of carbonyl (C=O) groups excluding carboxylic acids is 2. The van der Waals surface area contributed by atoms with Crippen LogP contribution in [0.3, 0.4) is 0 Å². The molecular formula is C18H24FN3O3. The van der Waals surface area contributed by atoms with E-state index in [1.54, 1.807) is 11.0 Å². The van der Waals surface area contributed by atoms with E-state index < -0.39 is 5.95 Å². The number of amides is 2. The molecule has 1 aromatic rings. The Labute approximate surface area is 147 Å². The van der Waals surface area contributed by atoms with Gasteiger partial charge in [0.25, 0.3) is 5.91 Å². The molecule has 2 fully saturated rings. The number of aromatic nitrogens is 1. The van der Waals surface area contributed by atoms with Crippen LogP contribution in [-0.2, 0) is 4.74 Å². The second-order valence-electron chi connectivity index (χ2n) is 6.65. The van der Waals surface area contributed by atoms with Crippen molar-refractivity contribution in [3.05, 3.63) is 29.8 Å². The van der Waals surface area contributed by atoms with E-state index in [4.69, 9.17) is 4.74 Å². The molecule has 1 atom stereocenters. The molecule has 2 aliphatic rings. The third-order valence-corrected chi connectivity index (χ3v) is 5.03. The Morgan fingerprint density at radius 2 is 2.16 bits per heavy atom. The lowest BCUT2D eigenvalue weighted by atomic mass is 9.99. The minimum absolute atomic E-state index is 0.00218. The first-order valence-corrected chi connectivity index (χ1v) is 8.96. The number of hydrogen-bond acceptors (Lipinski definition) is 4. The van der Waals surface area contributed by atoms with Gasteiger partial charge < -0.3 is 9.64 Å². The number of cyclic esters (lactones) is 1. The zero-order valence-electron chi connectivity index (χ0n) is 14.5. The van der Waals surface area contributed by atoms with Crippen LogP contribution in [0.25, 0.3) is 0 Å². The molecule has 2 saturated heterocycles. The van der Waals surface area contributed by atoms with Crippen molar-refractivity contribution in [2.45, 2.75) is 51.1 Å². The second kappa shape index (κ2) is 7.80. The second-order valence-corrected chi connectivity index (χ2v) is 6.65. The van der Waals surface area contributed by atoms with Gasteiger partial charge in [0.2, 0.25) is 5.95 Å². The lowest BCUT2D eigenvalue weighted by Crippen LogP contribution is -2.49. The minimum atomic E-state index is -0.739. The van der Waals surface area contributed by atoms with E-state index in [9.17, 15) is 14.0 Å². The highest BCUT2D eigenvalue weighted by molar-refractivity contribution is 5.94.